The summed E-state index contributed by atoms with van der Waals surface area (Å²) in [6.45, 7) is 0. The molecule has 0 aliphatic carbocycles. The first kappa shape index (κ1) is 92.4. The van der Waals surface area contributed by atoms with Crippen molar-refractivity contribution in [1.29, 1.82) is 0 Å². The molecule has 0 aliphatic heterocycles. The van der Waals surface area contributed by atoms with E-state index in [9.17, 15) is 265 Å². The summed E-state index contributed by atoms with van der Waals surface area (Å²) in [5.41, 5.74) is -51.7. The largest absolute Gasteiger partial charge is 3.00 e. The summed E-state index contributed by atoms with van der Waals surface area (Å²) in [6.07, 6.45) is -47.1. The van der Waals surface area contributed by atoms with E-state index in [4.69, 9.17) is 0 Å². The molecule has 64 heteroatoms. The van der Waals surface area contributed by atoms with Gasteiger partial charge in [0.15, 0.2) is 22.1 Å². The van der Waals surface area contributed by atoms with Gasteiger partial charge in [-0.3, -0.25) is 0 Å². The minimum absolute atomic E-state index is 0. The predicted octanol–water partition coefficient (Wildman–Crippen LogP) is 16.4. The van der Waals surface area contributed by atoms with Crippen LogP contribution in [0.1, 0.15) is 0 Å². The topological polar surface area (TPSA) is 120 Å². The van der Waals surface area contributed by atoms with Crippen LogP contribution in [0.5, 0.6) is 0 Å². The zero-order chi connectivity index (χ0) is 73.5. The molecule has 88 heavy (non-hydrogen) atoms. The number of hydrogen-bond acceptors (Lipinski definition) is 6. The van der Waals surface area contributed by atoms with Crippen molar-refractivity contribution < 1.29 is 303 Å². The molecule has 0 aromatic rings. The number of halogens is 54. The maximum Gasteiger partial charge on any atom is 3.00 e. The van der Waals surface area contributed by atoms with Crippen LogP contribution in [0.2, 0.25) is 0 Å². The molecule has 6 nitrogen and oxygen atoms in total. The summed E-state index contributed by atoms with van der Waals surface area (Å²) < 4.78 is 704. The van der Waals surface area contributed by atoms with Gasteiger partial charge in [0.05, 0.1) is 0 Å². The van der Waals surface area contributed by atoms with Crippen molar-refractivity contribution in [2.45, 2.75) is 142 Å². The van der Waals surface area contributed by atoms with Gasteiger partial charge in [-0.05, 0) is 0 Å². The number of hydrogen-bond donors (Lipinski definition) is 0. The molecule has 0 unspecified atom stereocenters. The van der Waals surface area contributed by atoms with E-state index in [1.165, 1.54) is 0 Å². The fourth-order valence-corrected chi connectivity index (χ4v) is 7.96. The third kappa shape index (κ3) is 12.6. The Kier molecular flexibility index (Phi) is 24.6. The van der Waals surface area contributed by atoms with Gasteiger partial charge in [-0.25, -0.2) is 0 Å². The van der Waals surface area contributed by atoms with Crippen molar-refractivity contribution in [3.63, 3.8) is 0 Å². The Bertz CT molecular complexity index is 2130. The van der Waals surface area contributed by atoms with Crippen LogP contribution in [0.4, 0.5) is 237 Å². The fraction of sp³-hybridized carbons (Fsp3) is 1.00. The van der Waals surface area contributed by atoms with Crippen molar-refractivity contribution in [1.82, 2.24) is 0 Å². The molecule has 0 aromatic heterocycles. The smallest absolute Gasteiger partial charge is 0.791 e. The Balaban J connectivity index is -0.000000598. The maximum absolute atomic E-state index is 13.1. The van der Waals surface area contributed by atoms with Crippen LogP contribution >= 0.6 is 22.1 Å². The molecular weight excluding hydrogens is 1670 g/mol. The molecule has 0 N–H and O–H groups in total. The van der Waals surface area contributed by atoms with Crippen LogP contribution in [0, 0.1) is 37.3 Å². The Morgan fingerprint density at radius 2 is 0.205 bits per heavy atom. The molecule has 0 heterocycles. The van der Waals surface area contributed by atoms with Crippen LogP contribution in [-0.2, 0) is 13.7 Å². The third-order valence-corrected chi connectivity index (χ3v) is 15.1. The quantitative estimate of drug-likeness (QED) is 0.0996. The van der Waals surface area contributed by atoms with Gasteiger partial charge in [-0.1, -0.05) is 0 Å². The first-order valence-corrected chi connectivity index (χ1v) is 22.0. The second-order valence-corrected chi connectivity index (χ2v) is 21.5. The molecule has 0 fully saturated rings. The van der Waals surface area contributed by atoms with Crippen molar-refractivity contribution in [2.24, 2.45) is 0 Å². The number of alkyl halides is 54. The zero-order valence-corrected chi connectivity index (χ0v) is 41.0. The molecule has 0 saturated carbocycles. The first-order valence-electron chi connectivity index (χ1n) is 17.1. The van der Waals surface area contributed by atoms with Crippen LogP contribution in [-0.4, -0.2) is 142 Å². The molecule has 0 aliphatic rings. The molecule has 0 rings (SSSR count). The van der Waals surface area contributed by atoms with Crippen LogP contribution in [0.3, 0.4) is 0 Å². The molecule has 537 valence electrons. The molecular formula is C24ErF54O6P3. The van der Waals surface area contributed by atoms with Gasteiger partial charge < -0.3 is 28.4 Å². The normalized spacial score (nSPS) is 16.7. The van der Waals surface area contributed by atoms with Crippen molar-refractivity contribution in [2.75, 3.05) is 0 Å². The van der Waals surface area contributed by atoms with Gasteiger partial charge in [-0.2, -0.15) is 237 Å². The monoisotopic (exact) mass is 1670 g/mol. The minimum atomic E-state index is -10.1. The average Bonchev–Trinajstić information content (AvgIpc) is 3.23. The first-order chi connectivity index (χ1) is 36.0. The van der Waals surface area contributed by atoms with Gasteiger partial charge >= 0.3 is 179 Å². The van der Waals surface area contributed by atoms with Crippen LogP contribution < -0.4 is 14.7 Å². The van der Waals surface area contributed by atoms with Crippen LogP contribution in [0.15, 0.2) is 0 Å². The summed E-state index contributed by atoms with van der Waals surface area (Å²) in [7, 11) is -30.2. The molecule has 0 spiro atoms. The zero-order valence-electron chi connectivity index (χ0n) is 36.5. The fourth-order valence-electron chi connectivity index (χ4n) is 3.84. The van der Waals surface area contributed by atoms with E-state index in [1.54, 1.807) is 0 Å². The summed E-state index contributed by atoms with van der Waals surface area (Å²) in [6, 6.07) is 0. The predicted molar refractivity (Wildman–Crippen MR) is 148 cm³/mol. The Hall–Kier alpha value is -1.96. The average molecular weight is 1670 g/mol. The van der Waals surface area contributed by atoms with E-state index >= 15 is 0 Å². The van der Waals surface area contributed by atoms with E-state index in [0.717, 1.165) is 0 Å². The summed E-state index contributed by atoms with van der Waals surface area (Å²) in [4.78, 5) is 32.0. The van der Waals surface area contributed by atoms with Gasteiger partial charge in [-0.15, -0.1) is 0 Å². The summed E-state index contributed by atoms with van der Waals surface area (Å²) in [5, 5.41) is 0. The van der Waals surface area contributed by atoms with Gasteiger partial charge in [0, 0.05) is 0 Å². The second-order valence-electron chi connectivity index (χ2n) is 14.8. The van der Waals surface area contributed by atoms with Gasteiger partial charge in [0.1, 0.15) is 0 Å². The molecule has 0 atom stereocenters. The molecule has 0 amide bonds. The van der Waals surface area contributed by atoms with Gasteiger partial charge in [0.2, 0.25) is 0 Å². The van der Waals surface area contributed by atoms with E-state index < -0.39 is 164 Å². The Morgan fingerprint density at radius 1 is 0.148 bits per heavy atom. The Labute approximate surface area is 466 Å². The SMILES string of the molecule is O=P([O-])(C(F)(F)C(F)(F)C(F)(F)C(F)(F)F)C(F)(F)C(F)(F)C(F)(F)C(F)(F)F.O=P([O-])(C(F)(F)C(F)(F)C(F)(F)C(F)(F)F)C(F)(F)C(F)(F)C(F)(F)C(F)(F)F.O=P([O-])(C(F)(F)C(F)(F)C(F)(F)C(F)(F)F)C(F)(F)C(F)(F)C(F)(F)C(F)(F)F.[Er+3]. The van der Waals surface area contributed by atoms with E-state index in [1.807, 2.05) is 0 Å². The van der Waals surface area contributed by atoms with Gasteiger partial charge in [0.25, 0.3) is 0 Å². The minimum Gasteiger partial charge on any atom is -0.791 e. The van der Waals surface area contributed by atoms with E-state index in [0.29, 0.717) is 0 Å². The molecule has 1 radical (unpaired) electrons. The van der Waals surface area contributed by atoms with Crippen molar-refractivity contribution in [3.8, 4) is 0 Å². The summed E-state index contributed by atoms with van der Waals surface area (Å²) in [5.74, 6) is -101. The van der Waals surface area contributed by atoms with E-state index in [-0.39, 0.29) is 37.3 Å². The van der Waals surface area contributed by atoms with Crippen molar-refractivity contribution >= 4 is 22.1 Å². The standard InChI is InChI=1S/3C8HF18O2P.Er/c3*9-1(10,5(17,18)19)3(13,14)7(23,24)29(27,28)8(25,26)4(15,16)2(11,12)6(20,21)22;/h3*(H,27,28);/q;;;+3/p-3. The Morgan fingerprint density at radius 3 is 0.250 bits per heavy atom. The third-order valence-electron chi connectivity index (χ3n) is 8.99. The second kappa shape index (κ2) is 23.4. The molecule has 0 saturated heterocycles. The molecule has 0 bridgehead atoms. The number of rotatable bonds is 18. The van der Waals surface area contributed by atoms with E-state index in [2.05, 4.69) is 0 Å². The maximum atomic E-state index is 13.1. The van der Waals surface area contributed by atoms with Crippen molar-refractivity contribution in [3.05, 3.63) is 0 Å². The summed E-state index contributed by atoms with van der Waals surface area (Å²) >= 11 is 0. The van der Waals surface area contributed by atoms with Crippen LogP contribution in [0.25, 0.3) is 0 Å². The molecule has 0 aromatic carbocycles.